The van der Waals surface area contributed by atoms with Gasteiger partial charge < -0.3 is 25.2 Å². The maximum Gasteiger partial charge on any atom is 0.261 e. The second-order valence-corrected chi connectivity index (χ2v) is 11.8. The lowest BCUT2D eigenvalue weighted by Crippen LogP contribution is -2.19. The van der Waals surface area contributed by atoms with Gasteiger partial charge in [-0.2, -0.15) is 0 Å². The van der Waals surface area contributed by atoms with E-state index in [1.54, 1.807) is 42.6 Å². The fraction of sp³-hybridized carbons (Fsp3) is 0.188. The fourth-order valence-corrected chi connectivity index (χ4v) is 5.45. The highest BCUT2D eigenvalue weighted by Crippen LogP contribution is 2.40. The fourth-order valence-electron chi connectivity index (χ4n) is 4.23. The summed E-state index contributed by atoms with van der Waals surface area (Å²) in [6, 6.07) is 17.3. The molecule has 45 heavy (non-hydrogen) atoms. The lowest BCUT2D eigenvalue weighted by atomic mass is 10.1. The van der Waals surface area contributed by atoms with Gasteiger partial charge in [-0.25, -0.2) is 23.7 Å². The number of hydrogen-bond donors (Lipinski definition) is 2. The second kappa shape index (κ2) is 14.0. The molecule has 1 amide bonds. The van der Waals surface area contributed by atoms with Gasteiger partial charge in [-0.05, 0) is 62.6 Å². The molecule has 232 valence electrons. The van der Waals surface area contributed by atoms with Crippen molar-refractivity contribution < 1.29 is 18.3 Å². The Morgan fingerprint density at radius 1 is 0.956 bits per heavy atom. The van der Waals surface area contributed by atoms with Crippen molar-refractivity contribution in [3.63, 3.8) is 0 Å². The molecule has 0 unspecified atom stereocenters. The van der Waals surface area contributed by atoms with E-state index in [0.29, 0.717) is 51.7 Å². The van der Waals surface area contributed by atoms with Crippen LogP contribution >= 0.6 is 22.9 Å². The van der Waals surface area contributed by atoms with Gasteiger partial charge in [-0.15, -0.1) is 0 Å². The SMILES string of the molecule is CN(C)CCOc1ccc(Nc2nccc(-c3sc(N(C)C)nc3-c3cccc(NC(=O)c4c(F)cccc4F)c3)n2)cc1Cl. The van der Waals surface area contributed by atoms with E-state index in [1.807, 2.05) is 50.1 Å². The average Bonchev–Trinajstić information content (AvgIpc) is 3.45. The molecule has 3 aromatic carbocycles. The van der Waals surface area contributed by atoms with E-state index in [1.165, 1.54) is 17.4 Å². The summed E-state index contributed by atoms with van der Waals surface area (Å²) in [5.74, 6) is -1.85. The van der Waals surface area contributed by atoms with Crippen LogP contribution in [0.15, 0.2) is 72.9 Å². The molecule has 0 aliphatic rings. The van der Waals surface area contributed by atoms with Crippen molar-refractivity contribution in [1.82, 2.24) is 19.9 Å². The Labute approximate surface area is 268 Å². The number of nitrogens with zero attached hydrogens (tertiary/aromatic N) is 5. The lowest BCUT2D eigenvalue weighted by molar-refractivity contribution is 0.101. The topological polar surface area (TPSA) is 95.5 Å². The number of nitrogens with one attached hydrogen (secondary N) is 2. The molecule has 0 aliphatic heterocycles. The highest BCUT2D eigenvalue weighted by molar-refractivity contribution is 7.19. The quantitative estimate of drug-likeness (QED) is 0.155. The molecule has 5 rings (SSSR count). The van der Waals surface area contributed by atoms with E-state index in [2.05, 4.69) is 15.6 Å². The average molecular weight is 650 g/mol. The summed E-state index contributed by atoms with van der Waals surface area (Å²) in [7, 11) is 7.71. The Morgan fingerprint density at radius 3 is 2.42 bits per heavy atom. The predicted octanol–water partition coefficient (Wildman–Crippen LogP) is 7.20. The number of hydrogen-bond acceptors (Lipinski definition) is 9. The molecule has 2 heterocycles. The number of amides is 1. The van der Waals surface area contributed by atoms with Crippen LogP contribution in [0.1, 0.15) is 10.4 Å². The Morgan fingerprint density at radius 2 is 1.71 bits per heavy atom. The number of likely N-dealkylation sites (N-methyl/N-ethyl adjacent to an activating group) is 1. The highest BCUT2D eigenvalue weighted by atomic mass is 35.5. The number of ether oxygens (including phenoxy) is 1. The molecule has 0 spiro atoms. The van der Waals surface area contributed by atoms with E-state index in [0.717, 1.165) is 28.7 Å². The van der Waals surface area contributed by atoms with Gasteiger partial charge >= 0.3 is 0 Å². The molecular formula is C32H30ClF2N7O2S. The third-order valence-electron chi connectivity index (χ3n) is 6.45. The summed E-state index contributed by atoms with van der Waals surface area (Å²) >= 11 is 7.89. The Balaban J connectivity index is 1.41. The predicted molar refractivity (Wildman–Crippen MR) is 176 cm³/mol. The number of anilines is 4. The molecule has 0 atom stereocenters. The molecule has 9 nitrogen and oxygen atoms in total. The van der Waals surface area contributed by atoms with Crippen LogP contribution in [0.25, 0.3) is 21.8 Å². The standard InChI is InChI=1S/C32H30ClF2N7O2S/c1-41(2)15-16-44-26-12-11-21(18-22(26)33)38-31-36-14-13-25(39-31)29-28(40-32(45-29)42(3)4)19-7-5-8-20(17-19)37-30(43)27-23(34)9-6-10-24(27)35/h5-14,17-18H,15-16H2,1-4H3,(H,37,43)(H,36,38,39). The maximum atomic E-state index is 14.2. The first-order chi connectivity index (χ1) is 21.6. The molecular weight excluding hydrogens is 620 g/mol. The molecule has 0 saturated heterocycles. The third-order valence-corrected chi connectivity index (χ3v) is 8.00. The van der Waals surface area contributed by atoms with Crippen molar-refractivity contribution in [2.45, 2.75) is 0 Å². The number of aromatic nitrogens is 3. The number of halogens is 3. The van der Waals surface area contributed by atoms with E-state index in [-0.39, 0.29) is 0 Å². The monoisotopic (exact) mass is 649 g/mol. The van der Waals surface area contributed by atoms with Gasteiger partial charge in [0.25, 0.3) is 5.91 Å². The second-order valence-electron chi connectivity index (χ2n) is 10.4. The van der Waals surface area contributed by atoms with Crippen LogP contribution < -0.4 is 20.3 Å². The van der Waals surface area contributed by atoms with Crippen LogP contribution in [-0.4, -0.2) is 67.1 Å². The molecule has 2 N–H and O–H groups in total. The van der Waals surface area contributed by atoms with Crippen molar-refractivity contribution in [3.05, 3.63) is 95.1 Å². The van der Waals surface area contributed by atoms with Gasteiger partial charge in [0.05, 0.1) is 21.3 Å². The van der Waals surface area contributed by atoms with Crippen LogP contribution in [0.3, 0.4) is 0 Å². The van der Waals surface area contributed by atoms with Crippen molar-refractivity contribution in [1.29, 1.82) is 0 Å². The van der Waals surface area contributed by atoms with Gasteiger partial charge in [0, 0.05) is 43.8 Å². The smallest absolute Gasteiger partial charge is 0.261 e. The van der Waals surface area contributed by atoms with Crippen LogP contribution in [0.5, 0.6) is 5.75 Å². The molecule has 0 saturated carbocycles. The van der Waals surface area contributed by atoms with Crippen LogP contribution in [0.4, 0.5) is 31.2 Å². The Hall–Kier alpha value is -4.65. The van der Waals surface area contributed by atoms with Gasteiger partial charge in [0.1, 0.15) is 29.6 Å². The number of carbonyl (C=O) groups is 1. The van der Waals surface area contributed by atoms with Crippen LogP contribution in [-0.2, 0) is 0 Å². The summed E-state index contributed by atoms with van der Waals surface area (Å²) in [5, 5.41) is 6.97. The molecule has 13 heteroatoms. The highest BCUT2D eigenvalue weighted by Gasteiger charge is 2.20. The molecule has 5 aromatic rings. The van der Waals surface area contributed by atoms with Crippen LogP contribution in [0.2, 0.25) is 5.02 Å². The van der Waals surface area contributed by atoms with Gasteiger partial charge in [-0.1, -0.05) is 41.1 Å². The first kappa shape index (κ1) is 31.8. The van der Waals surface area contributed by atoms with Crippen LogP contribution in [0, 0.1) is 11.6 Å². The molecule has 0 aliphatic carbocycles. The third kappa shape index (κ3) is 7.72. The minimum Gasteiger partial charge on any atom is -0.491 e. The van der Waals surface area contributed by atoms with Crippen molar-refractivity contribution in [2.75, 3.05) is 56.9 Å². The molecule has 0 fully saturated rings. The molecule has 0 bridgehead atoms. The minimum atomic E-state index is -0.944. The largest absolute Gasteiger partial charge is 0.491 e. The van der Waals surface area contributed by atoms with E-state index >= 15 is 0 Å². The zero-order valence-corrected chi connectivity index (χ0v) is 26.5. The summed E-state index contributed by atoms with van der Waals surface area (Å²) in [5.41, 5.74) is 2.29. The zero-order chi connectivity index (χ0) is 32.1. The summed E-state index contributed by atoms with van der Waals surface area (Å²) < 4.78 is 34.2. The summed E-state index contributed by atoms with van der Waals surface area (Å²) in [4.78, 5) is 31.4. The zero-order valence-electron chi connectivity index (χ0n) is 24.9. The van der Waals surface area contributed by atoms with E-state index in [9.17, 15) is 13.6 Å². The summed E-state index contributed by atoms with van der Waals surface area (Å²) in [6.07, 6.45) is 1.64. The van der Waals surface area contributed by atoms with Crippen molar-refractivity contribution in [3.8, 4) is 27.6 Å². The number of carbonyl (C=O) groups excluding carboxylic acids is 1. The van der Waals surface area contributed by atoms with Gasteiger partial charge in [0.15, 0.2) is 5.13 Å². The van der Waals surface area contributed by atoms with Crippen molar-refractivity contribution in [2.24, 2.45) is 0 Å². The summed E-state index contributed by atoms with van der Waals surface area (Å²) in [6.45, 7) is 1.27. The minimum absolute atomic E-state index is 0.349. The number of benzene rings is 3. The molecule has 2 aromatic heterocycles. The van der Waals surface area contributed by atoms with E-state index in [4.69, 9.17) is 26.3 Å². The first-order valence-corrected chi connectivity index (χ1v) is 15.0. The van der Waals surface area contributed by atoms with Crippen molar-refractivity contribution >= 4 is 51.3 Å². The molecule has 0 radical (unpaired) electrons. The Kier molecular flexibility index (Phi) is 9.87. The maximum absolute atomic E-state index is 14.2. The normalized spacial score (nSPS) is 11.0. The number of thiazole rings is 1. The lowest BCUT2D eigenvalue weighted by Gasteiger charge is -2.13. The Bertz CT molecular complexity index is 1810. The first-order valence-electron chi connectivity index (χ1n) is 13.8. The van der Waals surface area contributed by atoms with E-state index < -0.39 is 23.1 Å². The number of rotatable bonds is 11. The van der Waals surface area contributed by atoms with Gasteiger partial charge in [-0.3, -0.25) is 4.79 Å². The van der Waals surface area contributed by atoms with Gasteiger partial charge in [0.2, 0.25) is 5.95 Å².